The van der Waals surface area contributed by atoms with Crippen LogP contribution in [0, 0.1) is 30.8 Å². The second-order valence-electron chi connectivity index (χ2n) is 6.07. The molecule has 5 nitrogen and oxygen atoms in total. The maximum atomic E-state index is 12.5. The number of nitrogens with zero attached hydrogens (tertiary/aromatic N) is 2. The molecule has 1 aliphatic heterocycles. The summed E-state index contributed by atoms with van der Waals surface area (Å²) in [6.45, 7) is 0. The first-order valence-electron chi connectivity index (χ1n) is 7.25. The van der Waals surface area contributed by atoms with E-state index in [9.17, 15) is 14.7 Å². The molecule has 1 N–H and O–H groups in total. The summed E-state index contributed by atoms with van der Waals surface area (Å²) in [4.78, 5) is 25.0. The number of hydrogen-bond donors (Lipinski definition) is 1. The number of rotatable bonds is 2. The fourth-order valence-electron chi connectivity index (χ4n) is 3.78. The van der Waals surface area contributed by atoms with E-state index in [0.29, 0.717) is 7.14 Å². The van der Waals surface area contributed by atoms with Gasteiger partial charge in [0.15, 0.2) is 0 Å². The van der Waals surface area contributed by atoms with Crippen molar-refractivity contribution in [1.82, 2.24) is 5.01 Å². The summed E-state index contributed by atoms with van der Waals surface area (Å²) in [6, 6.07) is 3.53. The minimum absolute atomic E-state index is 0.184. The molecule has 0 radical (unpaired) electrons. The number of benzene rings is 1. The predicted octanol–water partition coefficient (Wildman–Crippen LogP) is 2.74. The van der Waals surface area contributed by atoms with Gasteiger partial charge in [-0.2, -0.15) is 10.1 Å². The SMILES string of the molecule is O=C1[C@@H]2[C@H](C(=O)N1N=Cc1cc(I)c(O)c(I)c1)[C@H]1C=C[C@H]2C1. The average Bonchev–Trinajstić information content (AvgIpc) is 3.18. The Bertz CT molecular complexity index is 737. The molecule has 4 rings (SSSR count). The lowest BCUT2D eigenvalue weighted by Gasteiger charge is -2.13. The second kappa shape index (κ2) is 5.54. The van der Waals surface area contributed by atoms with Gasteiger partial charge in [-0.1, -0.05) is 12.2 Å². The summed E-state index contributed by atoms with van der Waals surface area (Å²) in [5.41, 5.74) is 0.746. The van der Waals surface area contributed by atoms with Crippen LogP contribution < -0.4 is 0 Å². The molecule has 7 heteroatoms. The summed E-state index contributed by atoms with van der Waals surface area (Å²) in [7, 11) is 0. The highest BCUT2D eigenvalue weighted by Crippen LogP contribution is 2.52. The largest absolute Gasteiger partial charge is 0.506 e. The van der Waals surface area contributed by atoms with Gasteiger partial charge in [0.1, 0.15) is 5.75 Å². The lowest BCUT2D eigenvalue weighted by molar-refractivity contribution is -0.140. The summed E-state index contributed by atoms with van der Waals surface area (Å²) in [5.74, 6) is -0.208. The molecular weight excluding hydrogens is 522 g/mol. The highest BCUT2D eigenvalue weighted by Gasteiger charge is 2.59. The Labute approximate surface area is 160 Å². The minimum Gasteiger partial charge on any atom is -0.506 e. The van der Waals surface area contributed by atoms with Crippen LogP contribution in [0.3, 0.4) is 0 Å². The van der Waals surface area contributed by atoms with E-state index < -0.39 is 0 Å². The van der Waals surface area contributed by atoms with Crippen LogP contribution in [0.25, 0.3) is 0 Å². The molecule has 0 unspecified atom stereocenters. The fraction of sp³-hybridized carbons (Fsp3) is 0.312. The van der Waals surface area contributed by atoms with E-state index in [-0.39, 0.29) is 41.2 Å². The van der Waals surface area contributed by atoms with Gasteiger partial charge in [0, 0.05) is 0 Å². The van der Waals surface area contributed by atoms with Gasteiger partial charge >= 0.3 is 0 Å². The van der Waals surface area contributed by atoms with Crippen LogP contribution in [-0.2, 0) is 9.59 Å². The van der Waals surface area contributed by atoms with Crippen LogP contribution in [0.15, 0.2) is 29.4 Å². The summed E-state index contributed by atoms with van der Waals surface area (Å²) >= 11 is 4.07. The van der Waals surface area contributed by atoms with E-state index in [4.69, 9.17) is 0 Å². The minimum atomic E-state index is -0.227. The summed E-state index contributed by atoms with van der Waals surface area (Å²) < 4.78 is 1.41. The molecule has 3 aliphatic rings. The number of halogens is 2. The Kier molecular flexibility index (Phi) is 3.74. The first-order valence-corrected chi connectivity index (χ1v) is 9.41. The van der Waals surface area contributed by atoms with Crippen molar-refractivity contribution in [2.24, 2.45) is 28.8 Å². The van der Waals surface area contributed by atoms with Crippen molar-refractivity contribution in [3.63, 3.8) is 0 Å². The van der Waals surface area contributed by atoms with Gasteiger partial charge in [-0.3, -0.25) is 9.59 Å². The van der Waals surface area contributed by atoms with Crippen LogP contribution in [0.4, 0.5) is 0 Å². The molecule has 23 heavy (non-hydrogen) atoms. The topological polar surface area (TPSA) is 70.0 Å². The molecule has 0 spiro atoms. The number of fused-ring (bicyclic) bond motifs is 5. The highest BCUT2D eigenvalue weighted by atomic mass is 127. The smallest absolute Gasteiger partial charge is 0.254 e. The number of amides is 2. The van der Waals surface area contributed by atoms with Crippen molar-refractivity contribution in [1.29, 1.82) is 0 Å². The average molecular weight is 534 g/mol. The van der Waals surface area contributed by atoms with Crippen molar-refractivity contribution >= 4 is 63.2 Å². The van der Waals surface area contributed by atoms with E-state index in [1.807, 2.05) is 45.2 Å². The highest BCUT2D eigenvalue weighted by molar-refractivity contribution is 14.1. The van der Waals surface area contributed by atoms with Gasteiger partial charge < -0.3 is 5.11 Å². The third-order valence-electron chi connectivity index (χ3n) is 4.81. The Hall–Kier alpha value is -0.970. The van der Waals surface area contributed by atoms with Crippen LogP contribution in [-0.4, -0.2) is 28.1 Å². The Morgan fingerprint density at radius 2 is 1.61 bits per heavy atom. The van der Waals surface area contributed by atoms with E-state index in [1.165, 1.54) is 6.21 Å². The summed E-state index contributed by atoms with van der Waals surface area (Å²) in [6.07, 6.45) is 6.55. The van der Waals surface area contributed by atoms with Crippen molar-refractivity contribution in [3.8, 4) is 5.75 Å². The molecule has 1 aromatic rings. The van der Waals surface area contributed by atoms with E-state index in [1.54, 1.807) is 12.1 Å². The van der Waals surface area contributed by atoms with E-state index in [2.05, 4.69) is 17.3 Å². The molecule has 1 aromatic carbocycles. The zero-order valence-electron chi connectivity index (χ0n) is 11.8. The fourth-order valence-corrected chi connectivity index (χ4v) is 5.60. The van der Waals surface area contributed by atoms with E-state index >= 15 is 0 Å². The van der Waals surface area contributed by atoms with Crippen molar-refractivity contribution in [2.75, 3.05) is 0 Å². The molecule has 2 bridgehead atoms. The van der Waals surface area contributed by atoms with Crippen LogP contribution in [0.5, 0.6) is 5.75 Å². The predicted molar refractivity (Wildman–Crippen MR) is 101 cm³/mol. The Morgan fingerprint density at radius 3 is 2.13 bits per heavy atom. The Morgan fingerprint density at radius 1 is 1.09 bits per heavy atom. The van der Waals surface area contributed by atoms with Crippen molar-refractivity contribution in [2.45, 2.75) is 6.42 Å². The number of carbonyl (C=O) groups is 2. The number of phenols is 1. The number of imide groups is 1. The molecule has 4 atom stereocenters. The van der Waals surface area contributed by atoms with Gasteiger partial charge in [-0.05, 0) is 81.1 Å². The van der Waals surface area contributed by atoms with Crippen LogP contribution in [0.2, 0.25) is 0 Å². The number of phenolic OH excluding ortho intramolecular Hbond substituents is 1. The molecule has 1 saturated carbocycles. The third-order valence-corrected chi connectivity index (χ3v) is 6.45. The normalized spacial score (nSPS) is 31.7. The van der Waals surface area contributed by atoms with Gasteiger partial charge in [0.05, 0.1) is 25.2 Å². The zero-order chi connectivity index (χ0) is 16.3. The maximum Gasteiger partial charge on any atom is 0.254 e. The molecule has 0 aromatic heterocycles. The van der Waals surface area contributed by atoms with Gasteiger partial charge in [-0.25, -0.2) is 0 Å². The quantitative estimate of drug-likeness (QED) is 0.275. The van der Waals surface area contributed by atoms with Crippen LogP contribution in [0.1, 0.15) is 12.0 Å². The Balaban J connectivity index is 1.60. The van der Waals surface area contributed by atoms with Gasteiger partial charge in [0.2, 0.25) is 0 Å². The molecule has 118 valence electrons. The van der Waals surface area contributed by atoms with Gasteiger partial charge in [-0.15, -0.1) is 0 Å². The molecule has 2 amide bonds. The number of allylic oxidation sites excluding steroid dienone is 2. The second-order valence-corrected chi connectivity index (χ2v) is 8.39. The number of hydrogen-bond acceptors (Lipinski definition) is 4. The number of hydrazone groups is 1. The molecule has 1 heterocycles. The molecule has 2 aliphatic carbocycles. The monoisotopic (exact) mass is 534 g/mol. The zero-order valence-corrected chi connectivity index (χ0v) is 16.1. The van der Waals surface area contributed by atoms with E-state index in [0.717, 1.165) is 17.0 Å². The van der Waals surface area contributed by atoms with Gasteiger partial charge in [0.25, 0.3) is 11.8 Å². The van der Waals surface area contributed by atoms with Crippen molar-refractivity contribution in [3.05, 3.63) is 37.0 Å². The lowest BCUT2D eigenvalue weighted by atomic mass is 9.85. The first kappa shape index (κ1) is 15.6. The molecule has 2 fully saturated rings. The lowest BCUT2D eigenvalue weighted by Crippen LogP contribution is -2.28. The molecular formula is C16H12I2N2O3. The van der Waals surface area contributed by atoms with Crippen LogP contribution >= 0.6 is 45.2 Å². The first-order chi connectivity index (χ1) is 11.0. The number of carbonyl (C=O) groups excluding carboxylic acids is 2. The summed E-state index contributed by atoms with van der Waals surface area (Å²) in [5, 5.41) is 15.0. The third kappa shape index (κ3) is 2.34. The standard InChI is InChI=1S/C16H12I2N2O3/c17-10-3-7(4-11(18)14(10)21)6-19-20-15(22)12-8-1-2-9(5-8)13(12)16(20)23/h1-4,6,8-9,12-13,21H,5H2/t8-,9-,12-,13+/m0/s1. The number of aromatic hydroxyl groups is 1. The maximum absolute atomic E-state index is 12.5. The molecule has 1 saturated heterocycles. The van der Waals surface area contributed by atoms with Crippen molar-refractivity contribution < 1.29 is 14.7 Å².